The summed E-state index contributed by atoms with van der Waals surface area (Å²) in [6.45, 7) is 0. The lowest BCUT2D eigenvalue weighted by molar-refractivity contribution is 0.103. The molecule has 1 aliphatic rings. The van der Waals surface area contributed by atoms with Crippen molar-refractivity contribution in [3.05, 3.63) is 83.2 Å². The van der Waals surface area contributed by atoms with Crippen LogP contribution in [0.4, 0.5) is 5.69 Å². The van der Waals surface area contributed by atoms with Crippen LogP contribution < -0.4 is 5.32 Å². The number of nitrogens with one attached hydrogen (secondary N) is 1. The smallest absolute Gasteiger partial charge is 0.212 e. The number of rotatable bonds is 2. The number of ketones is 1. The normalized spacial score (nSPS) is 13.1. The highest BCUT2D eigenvalue weighted by Gasteiger charge is 2.27. The summed E-state index contributed by atoms with van der Waals surface area (Å²) in [7, 11) is 1.89. The lowest BCUT2D eigenvalue weighted by Gasteiger charge is -2.13. The summed E-state index contributed by atoms with van der Waals surface area (Å²) in [5, 5.41) is 8.76. The number of pyridine rings is 1. The van der Waals surface area contributed by atoms with Crippen LogP contribution in [0.15, 0.2) is 60.8 Å². The van der Waals surface area contributed by atoms with Gasteiger partial charge in [0.15, 0.2) is 5.65 Å². The van der Waals surface area contributed by atoms with Crippen molar-refractivity contribution in [1.29, 1.82) is 0 Å². The lowest BCUT2D eigenvalue weighted by atomic mass is 10.0. The van der Waals surface area contributed by atoms with E-state index in [2.05, 4.69) is 10.4 Å². The fourth-order valence-corrected chi connectivity index (χ4v) is 3.90. The highest BCUT2D eigenvalue weighted by Crippen LogP contribution is 2.34. The van der Waals surface area contributed by atoms with Crippen LogP contribution >= 0.6 is 0 Å². The maximum Gasteiger partial charge on any atom is 0.212 e. The molecule has 0 amide bonds. The van der Waals surface area contributed by atoms with E-state index < -0.39 is 0 Å². The van der Waals surface area contributed by atoms with E-state index in [0.717, 1.165) is 46.3 Å². The van der Waals surface area contributed by atoms with Gasteiger partial charge in [0.1, 0.15) is 5.69 Å². The first-order valence-electron chi connectivity index (χ1n) is 9.04. The Hall–Kier alpha value is -3.47. The number of para-hydroxylation sites is 1. The molecule has 1 N–H and O–H groups in total. The molecule has 4 aromatic rings. The van der Waals surface area contributed by atoms with Gasteiger partial charge in [0, 0.05) is 18.2 Å². The molecule has 0 unspecified atom stereocenters. The zero-order chi connectivity index (χ0) is 18.4. The quantitative estimate of drug-likeness (QED) is 0.595. The highest BCUT2D eigenvalue weighted by molar-refractivity contribution is 6.12. The Kier molecular flexibility index (Phi) is 3.53. The third-order valence-electron chi connectivity index (χ3n) is 5.19. The molecule has 0 bridgehead atoms. The van der Waals surface area contributed by atoms with Gasteiger partial charge in [-0.2, -0.15) is 5.10 Å². The molecule has 0 atom stereocenters. The van der Waals surface area contributed by atoms with Crippen molar-refractivity contribution in [3.8, 4) is 5.69 Å². The van der Waals surface area contributed by atoms with Gasteiger partial charge in [-0.3, -0.25) is 4.79 Å². The average Bonchev–Trinajstić information content (AvgIpc) is 3.09. The number of hydrogen-bond acceptors (Lipinski definition) is 4. The number of fused-ring (bicyclic) bond motifs is 3. The Balaban J connectivity index is 1.80. The number of carbonyl (C=O) groups excluding carboxylic acids is 1. The van der Waals surface area contributed by atoms with Crippen LogP contribution in [-0.4, -0.2) is 27.6 Å². The summed E-state index contributed by atoms with van der Waals surface area (Å²) in [6, 6.07) is 17.7. The van der Waals surface area contributed by atoms with E-state index in [-0.39, 0.29) is 5.78 Å². The first kappa shape index (κ1) is 15.8. The monoisotopic (exact) mass is 354 g/mol. The molecule has 1 aliphatic carbocycles. The average molecular weight is 354 g/mol. The first-order valence-corrected chi connectivity index (χ1v) is 9.04. The van der Waals surface area contributed by atoms with Crippen LogP contribution in [0.25, 0.3) is 16.7 Å². The minimum atomic E-state index is -0.0164. The molecule has 2 aromatic carbocycles. The summed E-state index contributed by atoms with van der Waals surface area (Å²) < 4.78 is 1.79. The van der Waals surface area contributed by atoms with Crippen LogP contribution in [0.5, 0.6) is 0 Å². The second kappa shape index (κ2) is 6.06. The Morgan fingerprint density at radius 2 is 1.78 bits per heavy atom. The van der Waals surface area contributed by atoms with E-state index in [9.17, 15) is 4.79 Å². The van der Waals surface area contributed by atoms with Gasteiger partial charge in [-0.15, -0.1) is 0 Å². The largest absolute Gasteiger partial charge is 0.387 e. The molecular weight excluding hydrogens is 336 g/mol. The molecule has 0 saturated carbocycles. The van der Waals surface area contributed by atoms with Crippen molar-refractivity contribution in [2.24, 2.45) is 0 Å². The maximum absolute atomic E-state index is 13.3. The fourth-order valence-electron chi connectivity index (χ4n) is 3.90. The standard InChI is InChI=1S/C22H18N4O/c1-23-19-17-12-11-14-7-5-6-10-16(14)21(27)20(17)25-22-18(19)13-24-26(22)15-8-3-2-4-9-15/h2-10,13H,11-12H2,1H3,(H,23,25). The zero-order valence-corrected chi connectivity index (χ0v) is 14.9. The Morgan fingerprint density at radius 1 is 1.00 bits per heavy atom. The highest BCUT2D eigenvalue weighted by atomic mass is 16.1. The molecule has 0 radical (unpaired) electrons. The number of benzene rings is 2. The Morgan fingerprint density at radius 3 is 2.59 bits per heavy atom. The molecule has 0 fully saturated rings. The van der Waals surface area contributed by atoms with Crippen molar-refractivity contribution < 1.29 is 4.79 Å². The number of aromatic nitrogens is 3. The minimum Gasteiger partial charge on any atom is -0.387 e. The molecule has 5 rings (SSSR count). The summed E-state index contributed by atoms with van der Waals surface area (Å²) in [4.78, 5) is 18.1. The first-order chi connectivity index (χ1) is 13.3. The SMILES string of the molecule is CNc1c2c(nc3c1cnn3-c1ccccc1)C(=O)c1ccccc1CC2. The summed E-state index contributed by atoms with van der Waals surface area (Å²) >= 11 is 0. The predicted octanol–water partition coefficient (Wildman–Crippen LogP) is 3.79. The third kappa shape index (κ3) is 2.35. The van der Waals surface area contributed by atoms with Crippen LogP contribution in [-0.2, 0) is 12.8 Å². The van der Waals surface area contributed by atoms with Gasteiger partial charge in [0.2, 0.25) is 5.78 Å². The molecule has 0 saturated heterocycles. The number of anilines is 1. The second-order valence-electron chi connectivity index (χ2n) is 6.68. The number of aryl methyl sites for hydroxylation is 1. The van der Waals surface area contributed by atoms with E-state index in [4.69, 9.17) is 4.98 Å². The number of hydrogen-bond donors (Lipinski definition) is 1. The van der Waals surface area contributed by atoms with Gasteiger partial charge in [0.25, 0.3) is 0 Å². The van der Waals surface area contributed by atoms with Crippen molar-refractivity contribution in [3.63, 3.8) is 0 Å². The topological polar surface area (TPSA) is 59.8 Å². The predicted molar refractivity (Wildman–Crippen MR) is 106 cm³/mol. The summed E-state index contributed by atoms with van der Waals surface area (Å²) in [5.41, 5.74) is 5.87. The molecule has 0 spiro atoms. The summed E-state index contributed by atoms with van der Waals surface area (Å²) in [6.07, 6.45) is 3.42. The Labute approximate surface area is 156 Å². The van der Waals surface area contributed by atoms with E-state index >= 15 is 0 Å². The van der Waals surface area contributed by atoms with Gasteiger partial charge >= 0.3 is 0 Å². The van der Waals surface area contributed by atoms with E-state index in [1.54, 1.807) is 4.68 Å². The van der Waals surface area contributed by atoms with Crippen molar-refractivity contribution in [2.75, 3.05) is 12.4 Å². The molecule has 0 aliphatic heterocycles. The number of carbonyl (C=O) groups is 1. The molecule has 2 aromatic heterocycles. The van der Waals surface area contributed by atoms with Crippen molar-refractivity contribution in [1.82, 2.24) is 14.8 Å². The molecule has 27 heavy (non-hydrogen) atoms. The van der Waals surface area contributed by atoms with Gasteiger partial charge < -0.3 is 5.32 Å². The van der Waals surface area contributed by atoms with Gasteiger partial charge in [-0.25, -0.2) is 9.67 Å². The van der Waals surface area contributed by atoms with E-state index in [1.807, 2.05) is 67.8 Å². The maximum atomic E-state index is 13.3. The van der Waals surface area contributed by atoms with Gasteiger partial charge in [-0.05, 0) is 30.5 Å². The van der Waals surface area contributed by atoms with E-state index in [0.29, 0.717) is 11.3 Å². The van der Waals surface area contributed by atoms with Crippen LogP contribution in [0.2, 0.25) is 0 Å². The van der Waals surface area contributed by atoms with Gasteiger partial charge in [-0.1, -0.05) is 42.5 Å². The van der Waals surface area contributed by atoms with Crippen molar-refractivity contribution >= 4 is 22.5 Å². The second-order valence-corrected chi connectivity index (χ2v) is 6.68. The number of nitrogens with zero attached hydrogens (tertiary/aromatic N) is 3. The van der Waals surface area contributed by atoms with Crippen LogP contribution in [0.3, 0.4) is 0 Å². The molecule has 2 heterocycles. The van der Waals surface area contributed by atoms with Gasteiger partial charge in [0.05, 0.1) is 23.0 Å². The van der Waals surface area contributed by atoms with Crippen LogP contribution in [0, 0.1) is 0 Å². The summed E-state index contributed by atoms with van der Waals surface area (Å²) in [5.74, 6) is -0.0164. The minimum absolute atomic E-state index is 0.0164. The molecular formula is C22H18N4O. The molecule has 132 valence electrons. The third-order valence-corrected chi connectivity index (χ3v) is 5.19. The van der Waals surface area contributed by atoms with Crippen molar-refractivity contribution in [2.45, 2.75) is 12.8 Å². The fraction of sp³-hybridized carbons (Fsp3) is 0.136. The lowest BCUT2D eigenvalue weighted by Crippen LogP contribution is -2.11. The molecule has 5 nitrogen and oxygen atoms in total. The Bertz CT molecular complexity index is 1180. The zero-order valence-electron chi connectivity index (χ0n) is 14.9. The molecule has 5 heteroatoms. The van der Waals surface area contributed by atoms with Crippen LogP contribution in [0.1, 0.15) is 27.2 Å². The van der Waals surface area contributed by atoms with E-state index in [1.165, 1.54) is 0 Å².